The fraction of sp³-hybridized carbons (Fsp3) is 0.474. The van der Waals surface area contributed by atoms with Gasteiger partial charge in [-0.1, -0.05) is 0 Å². The van der Waals surface area contributed by atoms with Gasteiger partial charge in [0, 0.05) is 0 Å². The van der Waals surface area contributed by atoms with Gasteiger partial charge in [-0.05, 0) is 0 Å². The average molecular weight is 449 g/mol. The summed E-state index contributed by atoms with van der Waals surface area (Å²) in [5.41, 5.74) is -4.09. The van der Waals surface area contributed by atoms with Crippen LogP contribution in [0.3, 0.4) is 0 Å². The van der Waals surface area contributed by atoms with E-state index in [-0.39, 0.29) is 20.5 Å². The Balaban J connectivity index is 2.77. The van der Waals surface area contributed by atoms with E-state index in [2.05, 4.69) is 0 Å². The first kappa shape index (κ1) is 21.2. The van der Waals surface area contributed by atoms with Crippen molar-refractivity contribution in [3.63, 3.8) is 0 Å². The Labute approximate surface area is 166 Å². The van der Waals surface area contributed by atoms with Crippen LogP contribution in [0.1, 0.15) is 0 Å². The minimum absolute atomic E-state index is 0.328. The molecule has 2 atom stereocenters. The first-order valence-electron chi connectivity index (χ1n) is 8.38. The number of hydrogen-bond acceptors (Lipinski definition) is 6. The fourth-order valence-corrected chi connectivity index (χ4v) is 12.9. The van der Waals surface area contributed by atoms with Crippen LogP contribution in [0.15, 0.2) is 30.3 Å². The Morgan fingerprint density at radius 3 is 1.89 bits per heavy atom. The third-order valence-corrected chi connectivity index (χ3v) is 11.3. The number of ether oxygens (including phenoxy) is 2. The van der Waals surface area contributed by atoms with Crippen molar-refractivity contribution in [2.45, 2.75) is 30.0 Å². The molecule has 27 heavy (non-hydrogen) atoms. The summed E-state index contributed by atoms with van der Waals surface area (Å²) >= 11 is -0.328. The standard InChI is InChI=1S/C19H22N2O4SeSi/c1-24-16(22)19(17(23)25-2)14(26-13-9-7-6-8-10-13)15(27(3,4)5)18(19,11-20)12-21/h6-10,14-15H,1-5H3/t14-,15-/m0/s1. The third kappa shape index (κ3) is 2.89. The van der Waals surface area contributed by atoms with E-state index >= 15 is 0 Å². The number of rotatable bonds is 5. The van der Waals surface area contributed by atoms with Crippen LogP contribution in [0.25, 0.3) is 0 Å². The molecule has 2 rings (SSSR count). The molecule has 142 valence electrons. The number of nitriles is 2. The molecule has 1 aromatic rings. The number of esters is 2. The van der Waals surface area contributed by atoms with Gasteiger partial charge in [0.25, 0.3) is 0 Å². The van der Waals surface area contributed by atoms with Crippen LogP contribution in [0.4, 0.5) is 0 Å². The summed E-state index contributed by atoms with van der Waals surface area (Å²) in [6, 6.07) is 13.6. The van der Waals surface area contributed by atoms with Gasteiger partial charge in [-0.15, -0.1) is 0 Å². The van der Waals surface area contributed by atoms with E-state index < -0.39 is 35.7 Å². The first-order valence-corrected chi connectivity index (χ1v) is 13.8. The summed E-state index contributed by atoms with van der Waals surface area (Å²) < 4.78 is 10.9. The van der Waals surface area contributed by atoms with Crippen molar-refractivity contribution in [2.75, 3.05) is 14.2 Å². The number of carbonyl (C=O) groups excluding carboxylic acids is 2. The molecule has 0 aliphatic heterocycles. The Morgan fingerprint density at radius 2 is 1.52 bits per heavy atom. The molecule has 0 amide bonds. The molecular weight excluding hydrogens is 427 g/mol. The molecule has 1 saturated carbocycles. The molecule has 8 heteroatoms. The predicted octanol–water partition coefficient (Wildman–Crippen LogP) is 1.89. The van der Waals surface area contributed by atoms with Crippen molar-refractivity contribution >= 4 is 39.4 Å². The Bertz CT molecular complexity index is 793. The Kier molecular flexibility index (Phi) is 5.87. The van der Waals surface area contributed by atoms with E-state index in [1.165, 1.54) is 14.2 Å². The summed E-state index contributed by atoms with van der Waals surface area (Å²) in [5, 5.41) is 20.0. The van der Waals surface area contributed by atoms with Crippen LogP contribution in [0.2, 0.25) is 30.0 Å². The van der Waals surface area contributed by atoms with Gasteiger partial charge in [0.05, 0.1) is 0 Å². The van der Waals surface area contributed by atoms with E-state index in [1.807, 2.05) is 62.1 Å². The number of methoxy groups -OCH3 is 2. The molecule has 0 heterocycles. The van der Waals surface area contributed by atoms with Crippen LogP contribution in [-0.4, -0.2) is 49.2 Å². The van der Waals surface area contributed by atoms with Crippen LogP contribution < -0.4 is 4.46 Å². The maximum absolute atomic E-state index is 12.9. The predicted molar refractivity (Wildman–Crippen MR) is 103 cm³/mol. The summed E-state index contributed by atoms with van der Waals surface area (Å²) in [6.07, 6.45) is 0. The second kappa shape index (κ2) is 7.48. The fourth-order valence-electron chi connectivity index (χ4n) is 4.06. The van der Waals surface area contributed by atoms with Crippen molar-refractivity contribution in [2.24, 2.45) is 10.8 Å². The monoisotopic (exact) mass is 450 g/mol. The molecule has 0 spiro atoms. The van der Waals surface area contributed by atoms with Crippen molar-refractivity contribution in [3.8, 4) is 12.1 Å². The van der Waals surface area contributed by atoms with Crippen LogP contribution in [0.5, 0.6) is 0 Å². The molecule has 0 unspecified atom stereocenters. The molecule has 0 N–H and O–H groups in total. The van der Waals surface area contributed by atoms with E-state index in [0.717, 1.165) is 4.46 Å². The minimum atomic E-state index is -2.12. The SMILES string of the molecule is COC(=O)C1(C(=O)OC)[C@@H]([Se]c2ccccc2)[C@H]([Si](C)(C)C)C1(C#N)C#N. The number of benzene rings is 1. The van der Waals surface area contributed by atoms with E-state index in [0.29, 0.717) is 0 Å². The van der Waals surface area contributed by atoms with Gasteiger partial charge in [0.2, 0.25) is 0 Å². The number of carbonyl (C=O) groups is 2. The van der Waals surface area contributed by atoms with E-state index in [9.17, 15) is 20.1 Å². The molecule has 0 bridgehead atoms. The van der Waals surface area contributed by atoms with Gasteiger partial charge in [-0.2, -0.15) is 0 Å². The summed E-state index contributed by atoms with van der Waals surface area (Å²) in [6.45, 7) is 6.15. The van der Waals surface area contributed by atoms with Gasteiger partial charge in [0.1, 0.15) is 0 Å². The molecule has 0 saturated heterocycles. The second-order valence-corrected chi connectivity index (χ2v) is 15.4. The van der Waals surface area contributed by atoms with Crippen molar-refractivity contribution in [1.29, 1.82) is 10.5 Å². The van der Waals surface area contributed by atoms with Gasteiger partial charge >= 0.3 is 167 Å². The normalized spacial score (nSPS) is 22.5. The topological polar surface area (TPSA) is 100 Å². The van der Waals surface area contributed by atoms with Crippen molar-refractivity contribution in [3.05, 3.63) is 30.3 Å². The van der Waals surface area contributed by atoms with E-state index in [4.69, 9.17) is 9.47 Å². The quantitative estimate of drug-likeness (QED) is 0.387. The Hall–Kier alpha value is -2.12. The van der Waals surface area contributed by atoms with Crippen LogP contribution in [-0.2, 0) is 19.1 Å². The zero-order chi connectivity index (χ0) is 20.5. The van der Waals surface area contributed by atoms with Gasteiger partial charge < -0.3 is 0 Å². The van der Waals surface area contributed by atoms with Crippen molar-refractivity contribution < 1.29 is 19.1 Å². The van der Waals surface area contributed by atoms with Gasteiger partial charge in [-0.3, -0.25) is 0 Å². The molecule has 1 aliphatic carbocycles. The number of hydrogen-bond donors (Lipinski definition) is 0. The van der Waals surface area contributed by atoms with Crippen LogP contribution in [0, 0.1) is 33.5 Å². The molecular formula is C19H22N2O4SeSi. The van der Waals surface area contributed by atoms with E-state index in [1.54, 1.807) is 0 Å². The second-order valence-electron chi connectivity index (χ2n) is 7.52. The summed E-state index contributed by atoms with van der Waals surface area (Å²) in [7, 11) is 0.216. The first-order chi connectivity index (χ1) is 12.7. The summed E-state index contributed by atoms with van der Waals surface area (Å²) in [4.78, 5) is 25.4. The van der Waals surface area contributed by atoms with Gasteiger partial charge in [-0.25, -0.2) is 0 Å². The van der Waals surface area contributed by atoms with Crippen LogP contribution >= 0.6 is 0 Å². The van der Waals surface area contributed by atoms with Gasteiger partial charge in [0.15, 0.2) is 0 Å². The molecule has 0 aromatic heterocycles. The average Bonchev–Trinajstić information content (AvgIpc) is 2.64. The third-order valence-electron chi connectivity index (χ3n) is 5.12. The molecule has 0 radical (unpaired) electrons. The van der Waals surface area contributed by atoms with Crippen molar-refractivity contribution in [1.82, 2.24) is 0 Å². The maximum atomic E-state index is 12.9. The zero-order valence-corrected chi connectivity index (χ0v) is 18.7. The molecule has 6 nitrogen and oxygen atoms in total. The zero-order valence-electron chi connectivity index (χ0n) is 16.0. The Morgan fingerprint density at radius 1 is 1.04 bits per heavy atom. The summed E-state index contributed by atoms with van der Waals surface area (Å²) in [5.74, 6) is -1.73. The molecule has 1 aromatic carbocycles. The molecule has 1 aliphatic rings. The number of nitrogens with zero attached hydrogens (tertiary/aromatic N) is 2. The molecule has 1 fully saturated rings.